The number of alkyl halides is 3. The first-order valence-electron chi connectivity index (χ1n) is 7.89. The number of halogens is 3. The van der Waals surface area contributed by atoms with Crippen LogP contribution in [0.25, 0.3) is 5.57 Å². The van der Waals surface area contributed by atoms with Gasteiger partial charge in [0.2, 0.25) is 0 Å². The first kappa shape index (κ1) is 18.8. The number of allylic oxidation sites excluding steroid dienone is 5. The van der Waals surface area contributed by atoms with Crippen molar-refractivity contribution in [2.45, 2.75) is 33.5 Å². The van der Waals surface area contributed by atoms with Crippen molar-refractivity contribution in [2.24, 2.45) is 0 Å². The molecule has 0 unspecified atom stereocenters. The lowest BCUT2D eigenvalue weighted by Gasteiger charge is -2.13. The van der Waals surface area contributed by atoms with Gasteiger partial charge in [0.15, 0.2) is 0 Å². The fourth-order valence-corrected chi connectivity index (χ4v) is 2.39. The van der Waals surface area contributed by atoms with Gasteiger partial charge in [-0.2, -0.15) is 13.2 Å². The number of benzene rings is 1. The van der Waals surface area contributed by atoms with Crippen LogP contribution in [-0.2, 0) is 6.54 Å². The summed E-state index contributed by atoms with van der Waals surface area (Å²) in [6.07, 6.45) is 1.36. The second kappa shape index (κ2) is 7.55. The van der Waals surface area contributed by atoms with Crippen LogP contribution in [0, 0.1) is 13.8 Å². The van der Waals surface area contributed by atoms with Crippen LogP contribution in [-0.4, -0.2) is 15.7 Å². The molecule has 0 saturated heterocycles. The highest BCUT2D eigenvalue weighted by Gasteiger charge is 2.29. The predicted octanol–water partition coefficient (Wildman–Crippen LogP) is 5.63. The molecular weight excluding hydrogens is 325 g/mol. The lowest BCUT2D eigenvalue weighted by molar-refractivity contribution is -0.0912. The van der Waals surface area contributed by atoms with Gasteiger partial charge in [-0.3, -0.25) is 0 Å². The van der Waals surface area contributed by atoms with Gasteiger partial charge in [-0.1, -0.05) is 49.1 Å². The highest BCUT2D eigenvalue weighted by atomic mass is 19.4. The van der Waals surface area contributed by atoms with Crippen LogP contribution in [0.4, 0.5) is 13.2 Å². The van der Waals surface area contributed by atoms with E-state index in [9.17, 15) is 13.2 Å². The van der Waals surface area contributed by atoms with Gasteiger partial charge in [-0.05, 0) is 31.9 Å². The molecule has 0 saturated carbocycles. The minimum Gasteiger partial charge on any atom is -0.324 e. The summed E-state index contributed by atoms with van der Waals surface area (Å²) in [6.45, 7) is 9.31. The van der Waals surface area contributed by atoms with E-state index in [0.717, 1.165) is 29.8 Å². The third-order valence-electron chi connectivity index (χ3n) is 4.08. The fourth-order valence-electron chi connectivity index (χ4n) is 2.39. The van der Waals surface area contributed by atoms with Gasteiger partial charge in [-0.25, -0.2) is 4.98 Å². The van der Waals surface area contributed by atoms with E-state index in [1.54, 1.807) is 6.20 Å². The van der Waals surface area contributed by atoms with E-state index in [4.69, 9.17) is 0 Å². The molecule has 0 N–H and O–H groups in total. The van der Waals surface area contributed by atoms with Crippen molar-refractivity contribution in [2.75, 3.05) is 0 Å². The van der Waals surface area contributed by atoms with Gasteiger partial charge >= 0.3 is 6.18 Å². The van der Waals surface area contributed by atoms with Gasteiger partial charge in [0.25, 0.3) is 0 Å². The number of nitrogens with zero attached hydrogens (tertiary/aromatic N) is 2. The van der Waals surface area contributed by atoms with E-state index in [-0.39, 0.29) is 0 Å². The normalized spacial score (nSPS) is 13.2. The van der Waals surface area contributed by atoms with Crippen LogP contribution >= 0.6 is 0 Å². The number of imidazole rings is 1. The molecule has 0 radical (unpaired) electrons. The molecule has 0 amide bonds. The summed E-state index contributed by atoms with van der Waals surface area (Å²) in [5.74, 6) is 0.599. The van der Waals surface area contributed by atoms with Crippen molar-refractivity contribution in [1.29, 1.82) is 0 Å². The van der Waals surface area contributed by atoms with Crippen molar-refractivity contribution in [3.63, 3.8) is 0 Å². The molecule has 1 heterocycles. The van der Waals surface area contributed by atoms with Crippen LogP contribution in [0.2, 0.25) is 0 Å². The molecular formula is C20H21F3N2. The molecule has 25 heavy (non-hydrogen) atoms. The standard InChI is InChI=1S/C20H21F3N2/c1-5-17(11-10-15(3)20(21,22)23)19-24-12-16(4)25(19)13-18-9-7-6-8-14(18)2/h5-12H,1,13H2,2-4H3/b15-10+,17-11+. The molecule has 0 aliphatic carbocycles. The Morgan fingerprint density at radius 2 is 1.88 bits per heavy atom. The maximum atomic E-state index is 12.7. The second-order valence-electron chi connectivity index (χ2n) is 5.91. The Morgan fingerprint density at radius 1 is 1.20 bits per heavy atom. The second-order valence-corrected chi connectivity index (χ2v) is 5.91. The lowest BCUT2D eigenvalue weighted by atomic mass is 10.1. The monoisotopic (exact) mass is 346 g/mol. The van der Waals surface area contributed by atoms with Crippen molar-refractivity contribution in [3.8, 4) is 0 Å². The number of hydrogen-bond acceptors (Lipinski definition) is 1. The third-order valence-corrected chi connectivity index (χ3v) is 4.08. The highest BCUT2D eigenvalue weighted by Crippen LogP contribution is 2.26. The summed E-state index contributed by atoms with van der Waals surface area (Å²) < 4.78 is 40.0. The van der Waals surface area contributed by atoms with E-state index < -0.39 is 11.7 Å². The molecule has 0 atom stereocenters. The largest absolute Gasteiger partial charge is 0.412 e. The maximum absolute atomic E-state index is 12.7. The number of hydrogen-bond donors (Lipinski definition) is 0. The Bertz CT molecular complexity index is 824. The topological polar surface area (TPSA) is 17.8 Å². The fraction of sp³-hybridized carbons (Fsp3) is 0.250. The average molecular weight is 346 g/mol. The lowest BCUT2D eigenvalue weighted by Crippen LogP contribution is -2.09. The molecule has 1 aromatic heterocycles. The molecule has 5 heteroatoms. The molecule has 1 aromatic carbocycles. The molecule has 0 bridgehead atoms. The van der Waals surface area contributed by atoms with Gasteiger partial charge in [0, 0.05) is 29.6 Å². The van der Waals surface area contributed by atoms with Gasteiger partial charge in [0.1, 0.15) is 5.82 Å². The smallest absolute Gasteiger partial charge is 0.324 e. The van der Waals surface area contributed by atoms with Crippen LogP contribution in [0.3, 0.4) is 0 Å². The predicted molar refractivity (Wildman–Crippen MR) is 95.2 cm³/mol. The van der Waals surface area contributed by atoms with Crippen LogP contribution < -0.4 is 0 Å². The van der Waals surface area contributed by atoms with E-state index in [2.05, 4.69) is 11.6 Å². The average Bonchev–Trinajstić information content (AvgIpc) is 2.90. The maximum Gasteiger partial charge on any atom is 0.412 e. The summed E-state index contributed by atoms with van der Waals surface area (Å²) in [4.78, 5) is 4.37. The zero-order valence-corrected chi connectivity index (χ0v) is 14.6. The number of rotatable bonds is 5. The molecule has 0 aliphatic heterocycles. The quantitative estimate of drug-likeness (QED) is 0.642. The zero-order chi connectivity index (χ0) is 18.6. The Hall–Kier alpha value is -2.56. The Morgan fingerprint density at radius 3 is 2.48 bits per heavy atom. The molecule has 2 rings (SSSR count). The first-order chi connectivity index (χ1) is 11.7. The van der Waals surface area contributed by atoms with Crippen molar-refractivity contribution in [1.82, 2.24) is 9.55 Å². The highest BCUT2D eigenvalue weighted by molar-refractivity contribution is 5.71. The van der Waals surface area contributed by atoms with Gasteiger partial charge in [0.05, 0.1) is 0 Å². The summed E-state index contributed by atoms with van der Waals surface area (Å²) in [5, 5.41) is 0. The van der Waals surface area contributed by atoms with E-state index in [0.29, 0.717) is 17.9 Å². The Balaban J connectivity index is 2.42. The van der Waals surface area contributed by atoms with Gasteiger partial charge < -0.3 is 4.57 Å². The minimum atomic E-state index is -4.34. The van der Waals surface area contributed by atoms with Crippen molar-refractivity contribution < 1.29 is 13.2 Å². The number of aryl methyl sites for hydroxylation is 2. The van der Waals surface area contributed by atoms with Crippen molar-refractivity contribution in [3.05, 3.63) is 83.5 Å². The summed E-state index contributed by atoms with van der Waals surface area (Å²) >= 11 is 0. The first-order valence-corrected chi connectivity index (χ1v) is 7.89. The Labute approximate surface area is 146 Å². The molecule has 2 nitrogen and oxygen atoms in total. The van der Waals surface area contributed by atoms with E-state index >= 15 is 0 Å². The Kier molecular flexibility index (Phi) is 5.67. The molecule has 2 aromatic rings. The summed E-state index contributed by atoms with van der Waals surface area (Å²) in [7, 11) is 0. The zero-order valence-electron chi connectivity index (χ0n) is 14.6. The summed E-state index contributed by atoms with van der Waals surface area (Å²) in [5.41, 5.74) is 3.10. The number of aromatic nitrogens is 2. The van der Waals surface area contributed by atoms with Crippen molar-refractivity contribution >= 4 is 5.57 Å². The van der Waals surface area contributed by atoms with Gasteiger partial charge in [-0.15, -0.1) is 0 Å². The molecule has 132 valence electrons. The summed E-state index contributed by atoms with van der Waals surface area (Å²) in [6, 6.07) is 8.00. The molecule has 0 fully saturated rings. The minimum absolute atomic E-state index is 0.547. The van der Waals surface area contributed by atoms with Crippen LogP contribution in [0.5, 0.6) is 0 Å². The SMILES string of the molecule is C=C/C(=C\C=C(/C)C(F)(F)F)c1ncc(C)n1Cc1ccccc1C. The van der Waals surface area contributed by atoms with E-state index in [1.165, 1.54) is 12.2 Å². The molecule has 0 spiro atoms. The third kappa shape index (κ3) is 4.50. The van der Waals surface area contributed by atoms with E-state index in [1.807, 2.05) is 42.7 Å². The van der Waals surface area contributed by atoms with Crippen LogP contribution in [0.15, 0.2) is 60.8 Å². The van der Waals surface area contributed by atoms with Crippen LogP contribution in [0.1, 0.15) is 29.6 Å². The molecule has 0 aliphatic rings.